The highest BCUT2D eigenvalue weighted by atomic mass is 35.5. The molecule has 2 aromatic carbocycles. The van der Waals surface area contributed by atoms with E-state index in [9.17, 15) is 0 Å². The molecule has 0 amide bonds. The van der Waals surface area contributed by atoms with Gasteiger partial charge in [-0.3, -0.25) is 0 Å². The topological polar surface area (TPSA) is 44.5 Å². The number of nitrogens with two attached hydrogens (primary N) is 1. The molecule has 1 atom stereocenters. The molecule has 0 aliphatic carbocycles. The smallest absolute Gasteiger partial charge is 0.125 e. The van der Waals surface area contributed by atoms with E-state index in [0.29, 0.717) is 11.4 Å². The number of halogens is 1. The van der Waals surface area contributed by atoms with Crippen LogP contribution in [0, 0.1) is 0 Å². The van der Waals surface area contributed by atoms with Gasteiger partial charge >= 0.3 is 0 Å². The third kappa shape index (κ3) is 3.44. The van der Waals surface area contributed by atoms with Gasteiger partial charge in [0.05, 0.1) is 14.2 Å². The number of hydrogen-bond acceptors (Lipinski definition) is 3. The number of hydrogen-bond donors (Lipinski definition) is 1. The van der Waals surface area contributed by atoms with Crippen LogP contribution in [-0.4, -0.2) is 14.2 Å². The maximum atomic E-state index is 6.24. The van der Waals surface area contributed by atoms with E-state index < -0.39 is 0 Å². The average Bonchev–Trinajstić information content (AvgIpc) is 2.47. The van der Waals surface area contributed by atoms with Gasteiger partial charge in [0.15, 0.2) is 0 Å². The van der Waals surface area contributed by atoms with E-state index in [0.717, 1.165) is 22.6 Å². The Morgan fingerprint density at radius 3 is 2.55 bits per heavy atom. The summed E-state index contributed by atoms with van der Waals surface area (Å²) < 4.78 is 10.6. The highest BCUT2D eigenvalue weighted by Crippen LogP contribution is 2.28. The lowest BCUT2D eigenvalue weighted by atomic mass is 9.99. The van der Waals surface area contributed by atoms with E-state index in [-0.39, 0.29) is 6.04 Å². The van der Waals surface area contributed by atoms with Crippen molar-refractivity contribution in [2.24, 2.45) is 5.73 Å². The summed E-state index contributed by atoms with van der Waals surface area (Å²) in [4.78, 5) is 0. The van der Waals surface area contributed by atoms with E-state index in [1.54, 1.807) is 14.2 Å². The van der Waals surface area contributed by atoms with Gasteiger partial charge in [-0.15, -0.1) is 0 Å². The molecule has 0 aliphatic rings. The largest absolute Gasteiger partial charge is 0.497 e. The molecule has 0 fully saturated rings. The Morgan fingerprint density at radius 1 is 1.10 bits per heavy atom. The maximum absolute atomic E-state index is 6.24. The summed E-state index contributed by atoms with van der Waals surface area (Å²) in [7, 11) is 3.27. The molecule has 2 aromatic rings. The molecule has 4 heteroatoms. The molecular formula is C16H18ClNO2. The summed E-state index contributed by atoms with van der Waals surface area (Å²) in [5.41, 5.74) is 8.30. The Hall–Kier alpha value is -1.71. The van der Waals surface area contributed by atoms with Crippen molar-refractivity contribution in [1.82, 2.24) is 0 Å². The minimum atomic E-state index is -0.129. The summed E-state index contributed by atoms with van der Waals surface area (Å²) in [6.07, 6.45) is 0.674. The van der Waals surface area contributed by atoms with Crippen LogP contribution in [0.25, 0.3) is 0 Å². The number of ether oxygens (including phenoxy) is 2. The first kappa shape index (κ1) is 14.7. The first-order chi connectivity index (χ1) is 9.63. The van der Waals surface area contributed by atoms with Crippen LogP contribution >= 0.6 is 11.6 Å². The van der Waals surface area contributed by atoms with Gasteiger partial charge in [-0.05, 0) is 35.7 Å². The van der Waals surface area contributed by atoms with Crippen molar-refractivity contribution in [3.8, 4) is 11.5 Å². The summed E-state index contributed by atoms with van der Waals surface area (Å²) in [6.45, 7) is 0. The second-order valence-corrected chi connectivity index (χ2v) is 4.98. The fraction of sp³-hybridized carbons (Fsp3) is 0.250. The second kappa shape index (κ2) is 6.64. The lowest BCUT2D eigenvalue weighted by Gasteiger charge is -2.15. The van der Waals surface area contributed by atoms with Gasteiger partial charge < -0.3 is 15.2 Å². The van der Waals surface area contributed by atoms with Gasteiger partial charge in [-0.25, -0.2) is 0 Å². The minimum Gasteiger partial charge on any atom is -0.497 e. The molecule has 1 unspecified atom stereocenters. The molecule has 106 valence electrons. The summed E-state index contributed by atoms with van der Waals surface area (Å²) in [5.74, 6) is 1.55. The van der Waals surface area contributed by atoms with Gasteiger partial charge in [0.25, 0.3) is 0 Å². The molecule has 0 heterocycles. The third-order valence-electron chi connectivity index (χ3n) is 3.21. The third-order valence-corrected chi connectivity index (χ3v) is 3.45. The van der Waals surface area contributed by atoms with E-state index in [1.807, 2.05) is 42.5 Å². The van der Waals surface area contributed by atoms with Crippen LogP contribution in [-0.2, 0) is 6.42 Å². The molecule has 20 heavy (non-hydrogen) atoms. The molecule has 0 saturated carbocycles. The van der Waals surface area contributed by atoms with Gasteiger partial charge in [-0.1, -0.05) is 29.8 Å². The van der Waals surface area contributed by atoms with Crippen LogP contribution in [0.3, 0.4) is 0 Å². The van der Waals surface area contributed by atoms with Crippen LogP contribution in [0.1, 0.15) is 17.2 Å². The first-order valence-electron chi connectivity index (χ1n) is 6.36. The average molecular weight is 292 g/mol. The van der Waals surface area contributed by atoms with Crippen molar-refractivity contribution in [2.45, 2.75) is 12.5 Å². The van der Waals surface area contributed by atoms with E-state index in [1.165, 1.54) is 0 Å². The molecule has 2 rings (SSSR count). The minimum absolute atomic E-state index is 0.129. The van der Waals surface area contributed by atoms with Crippen LogP contribution in [0.15, 0.2) is 42.5 Å². The zero-order valence-corrected chi connectivity index (χ0v) is 12.4. The van der Waals surface area contributed by atoms with Crippen LogP contribution < -0.4 is 15.2 Å². The monoisotopic (exact) mass is 291 g/mol. The molecule has 0 bridgehead atoms. The van der Waals surface area contributed by atoms with Gasteiger partial charge in [0, 0.05) is 17.1 Å². The Morgan fingerprint density at radius 2 is 1.90 bits per heavy atom. The van der Waals surface area contributed by atoms with E-state index >= 15 is 0 Å². The standard InChI is InChI=1S/C16H18ClNO2/c1-19-14-7-6-12(16(10-14)20-2)9-15(18)11-4-3-5-13(17)8-11/h3-8,10,15H,9,18H2,1-2H3. The van der Waals surface area contributed by atoms with Gasteiger partial charge in [0.1, 0.15) is 11.5 Å². The van der Waals surface area contributed by atoms with Crippen molar-refractivity contribution >= 4 is 11.6 Å². The van der Waals surface area contributed by atoms with Gasteiger partial charge in [-0.2, -0.15) is 0 Å². The highest BCUT2D eigenvalue weighted by Gasteiger charge is 2.12. The molecule has 0 radical (unpaired) electrons. The van der Waals surface area contributed by atoms with Crippen molar-refractivity contribution in [3.63, 3.8) is 0 Å². The van der Waals surface area contributed by atoms with Gasteiger partial charge in [0.2, 0.25) is 0 Å². The van der Waals surface area contributed by atoms with Crippen molar-refractivity contribution in [2.75, 3.05) is 14.2 Å². The quantitative estimate of drug-likeness (QED) is 0.915. The normalized spacial score (nSPS) is 12.0. The van der Waals surface area contributed by atoms with Crippen LogP contribution in [0.2, 0.25) is 5.02 Å². The zero-order valence-electron chi connectivity index (χ0n) is 11.6. The molecule has 3 nitrogen and oxygen atoms in total. The van der Waals surface area contributed by atoms with E-state index in [4.69, 9.17) is 26.8 Å². The predicted octanol–water partition coefficient (Wildman–Crippen LogP) is 3.60. The first-order valence-corrected chi connectivity index (χ1v) is 6.73. The van der Waals surface area contributed by atoms with Crippen LogP contribution in [0.4, 0.5) is 0 Å². The van der Waals surface area contributed by atoms with Crippen LogP contribution in [0.5, 0.6) is 11.5 Å². The summed E-state index contributed by atoms with van der Waals surface area (Å²) in [6, 6.07) is 13.2. The van der Waals surface area contributed by atoms with Crippen molar-refractivity contribution in [1.29, 1.82) is 0 Å². The van der Waals surface area contributed by atoms with Crippen molar-refractivity contribution in [3.05, 3.63) is 58.6 Å². The molecule has 0 aliphatic heterocycles. The molecule has 0 spiro atoms. The molecule has 0 aromatic heterocycles. The lowest BCUT2D eigenvalue weighted by molar-refractivity contribution is 0.390. The Kier molecular flexibility index (Phi) is 4.88. The van der Waals surface area contributed by atoms with E-state index in [2.05, 4.69) is 0 Å². The fourth-order valence-corrected chi connectivity index (χ4v) is 2.31. The fourth-order valence-electron chi connectivity index (χ4n) is 2.11. The Balaban J connectivity index is 2.21. The Bertz CT molecular complexity index is 586. The SMILES string of the molecule is COc1ccc(CC(N)c2cccc(Cl)c2)c(OC)c1. The lowest BCUT2D eigenvalue weighted by Crippen LogP contribution is -2.13. The second-order valence-electron chi connectivity index (χ2n) is 4.54. The Labute approximate surface area is 124 Å². The zero-order chi connectivity index (χ0) is 14.5. The number of methoxy groups -OCH3 is 2. The molecule has 2 N–H and O–H groups in total. The summed E-state index contributed by atoms with van der Waals surface area (Å²) in [5, 5.41) is 0.694. The maximum Gasteiger partial charge on any atom is 0.125 e. The molecule has 0 saturated heterocycles. The number of benzene rings is 2. The predicted molar refractivity (Wildman–Crippen MR) is 81.6 cm³/mol. The molecular weight excluding hydrogens is 274 g/mol. The van der Waals surface area contributed by atoms with Crippen molar-refractivity contribution < 1.29 is 9.47 Å². The number of rotatable bonds is 5. The highest BCUT2D eigenvalue weighted by molar-refractivity contribution is 6.30. The summed E-state index contributed by atoms with van der Waals surface area (Å²) >= 11 is 5.99.